The summed E-state index contributed by atoms with van der Waals surface area (Å²) in [4.78, 5) is 10.2. The maximum Gasteiger partial charge on any atom is 0.303 e. The summed E-state index contributed by atoms with van der Waals surface area (Å²) in [6, 6.07) is 0. The molecule has 0 heterocycles. The van der Waals surface area contributed by atoms with Gasteiger partial charge in [0.2, 0.25) is 10.0 Å². The van der Waals surface area contributed by atoms with Gasteiger partial charge in [0.15, 0.2) is 0 Å². The monoisotopic (exact) mass is 253 g/mol. The van der Waals surface area contributed by atoms with Gasteiger partial charge in [-0.25, -0.2) is 13.1 Å². The van der Waals surface area contributed by atoms with Crippen LogP contribution in [0.3, 0.4) is 0 Å². The summed E-state index contributed by atoms with van der Waals surface area (Å²) in [5, 5.41) is 8.39. The number of rotatable bonds is 8. The van der Waals surface area contributed by atoms with Crippen molar-refractivity contribution >= 4 is 16.0 Å². The summed E-state index contributed by atoms with van der Waals surface area (Å²) in [6.45, 7) is 3.65. The summed E-state index contributed by atoms with van der Waals surface area (Å²) in [6.07, 6.45) is -0.0423. The van der Waals surface area contributed by atoms with Crippen LogP contribution >= 0.6 is 0 Å². The second kappa shape index (κ2) is 6.17. The Bertz CT molecular complexity index is 323. The smallest absolute Gasteiger partial charge is 0.303 e. The lowest BCUT2D eigenvalue weighted by atomic mass is 10.1. The third kappa shape index (κ3) is 7.61. The minimum Gasteiger partial charge on any atom is -0.481 e. The highest BCUT2D eigenvalue weighted by Gasteiger charge is 2.24. The Hall–Kier alpha value is -0.660. The Labute approximate surface area is 96.0 Å². The molecule has 6 nitrogen and oxygen atoms in total. The van der Waals surface area contributed by atoms with Crippen LogP contribution in [0.15, 0.2) is 0 Å². The van der Waals surface area contributed by atoms with Gasteiger partial charge in [0.05, 0.1) is 17.9 Å². The first kappa shape index (κ1) is 15.3. The zero-order valence-electron chi connectivity index (χ0n) is 9.82. The molecule has 0 fully saturated rings. The third-order valence-electron chi connectivity index (χ3n) is 1.74. The Morgan fingerprint density at radius 1 is 1.44 bits per heavy atom. The molecule has 0 rings (SSSR count). The van der Waals surface area contributed by atoms with Crippen molar-refractivity contribution in [2.75, 3.05) is 19.5 Å². The van der Waals surface area contributed by atoms with E-state index in [-0.39, 0.29) is 25.2 Å². The van der Waals surface area contributed by atoms with Gasteiger partial charge in [-0.05, 0) is 20.3 Å². The topological polar surface area (TPSA) is 92.7 Å². The lowest BCUT2D eigenvalue weighted by molar-refractivity contribution is -0.137. The number of carboxylic acids is 1. The van der Waals surface area contributed by atoms with Crippen molar-refractivity contribution in [2.24, 2.45) is 0 Å². The van der Waals surface area contributed by atoms with Crippen molar-refractivity contribution in [3.05, 3.63) is 0 Å². The molecule has 0 spiro atoms. The molecule has 0 aromatic rings. The Morgan fingerprint density at radius 2 is 2.00 bits per heavy atom. The predicted molar refractivity (Wildman–Crippen MR) is 59.7 cm³/mol. The SMILES string of the molecule is COCC(C)(C)NS(=O)(=O)CCCC(=O)O. The molecule has 2 N–H and O–H groups in total. The highest BCUT2D eigenvalue weighted by Crippen LogP contribution is 2.06. The van der Waals surface area contributed by atoms with Crippen LogP contribution in [-0.4, -0.2) is 44.5 Å². The van der Waals surface area contributed by atoms with E-state index in [2.05, 4.69) is 4.72 Å². The molecule has 0 amide bonds. The number of nitrogens with one attached hydrogen (secondary N) is 1. The largest absolute Gasteiger partial charge is 0.481 e. The van der Waals surface area contributed by atoms with Crippen LogP contribution in [0.2, 0.25) is 0 Å². The van der Waals surface area contributed by atoms with E-state index in [9.17, 15) is 13.2 Å². The van der Waals surface area contributed by atoms with E-state index < -0.39 is 21.5 Å². The van der Waals surface area contributed by atoms with Crippen molar-refractivity contribution < 1.29 is 23.1 Å². The van der Waals surface area contributed by atoms with Gasteiger partial charge in [0.1, 0.15) is 0 Å². The Morgan fingerprint density at radius 3 is 2.44 bits per heavy atom. The van der Waals surface area contributed by atoms with Crippen molar-refractivity contribution in [3.63, 3.8) is 0 Å². The molecule has 0 aliphatic carbocycles. The average Bonchev–Trinajstić information content (AvgIpc) is 1.99. The van der Waals surface area contributed by atoms with E-state index in [1.165, 1.54) is 7.11 Å². The molecule has 0 saturated heterocycles. The fraction of sp³-hybridized carbons (Fsp3) is 0.889. The van der Waals surface area contributed by atoms with Gasteiger partial charge in [0.25, 0.3) is 0 Å². The average molecular weight is 253 g/mol. The number of carbonyl (C=O) groups is 1. The summed E-state index contributed by atoms with van der Waals surface area (Å²) in [7, 11) is -1.96. The lowest BCUT2D eigenvalue weighted by Crippen LogP contribution is -2.47. The third-order valence-corrected chi connectivity index (χ3v) is 3.43. The van der Waals surface area contributed by atoms with Crippen LogP contribution in [0.4, 0.5) is 0 Å². The maximum atomic E-state index is 11.5. The van der Waals surface area contributed by atoms with Gasteiger partial charge in [-0.3, -0.25) is 4.79 Å². The van der Waals surface area contributed by atoms with E-state index in [0.29, 0.717) is 0 Å². The van der Waals surface area contributed by atoms with Crippen molar-refractivity contribution in [1.82, 2.24) is 4.72 Å². The second-order valence-corrected chi connectivity index (χ2v) is 6.08. The summed E-state index contributed by atoms with van der Waals surface area (Å²) in [5.74, 6) is -1.18. The molecule has 0 bridgehead atoms. The quantitative estimate of drug-likeness (QED) is 0.644. The number of carboxylic acid groups (broad SMARTS) is 1. The molecule has 0 radical (unpaired) electrons. The molecule has 0 aromatic heterocycles. The highest BCUT2D eigenvalue weighted by molar-refractivity contribution is 7.89. The van der Waals surface area contributed by atoms with Crippen molar-refractivity contribution in [1.29, 1.82) is 0 Å². The number of sulfonamides is 1. The molecule has 16 heavy (non-hydrogen) atoms. The van der Waals surface area contributed by atoms with Crippen LogP contribution in [0.25, 0.3) is 0 Å². The molecular formula is C9H19NO5S. The molecule has 0 aromatic carbocycles. The second-order valence-electron chi connectivity index (χ2n) is 4.24. The van der Waals surface area contributed by atoms with Crippen molar-refractivity contribution in [3.8, 4) is 0 Å². The number of ether oxygens (including phenoxy) is 1. The zero-order valence-corrected chi connectivity index (χ0v) is 10.6. The molecule has 0 atom stereocenters. The van der Waals surface area contributed by atoms with Crippen LogP contribution in [0.1, 0.15) is 26.7 Å². The van der Waals surface area contributed by atoms with E-state index in [0.717, 1.165) is 0 Å². The summed E-state index contributed by atoms with van der Waals surface area (Å²) < 4.78 is 30.4. The molecule has 0 aliphatic heterocycles. The number of methoxy groups -OCH3 is 1. The van der Waals surface area contributed by atoms with Crippen LogP contribution in [0.5, 0.6) is 0 Å². The molecule has 96 valence electrons. The lowest BCUT2D eigenvalue weighted by Gasteiger charge is -2.24. The standard InChI is InChI=1S/C9H19NO5S/c1-9(2,7-15-3)10-16(13,14)6-4-5-8(11)12/h10H,4-7H2,1-3H3,(H,11,12). The van der Waals surface area contributed by atoms with E-state index >= 15 is 0 Å². The van der Waals surface area contributed by atoms with Crippen LogP contribution in [-0.2, 0) is 19.6 Å². The highest BCUT2D eigenvalue weighted by atomic mass is 32.2. The van der Waals surface area contributed by atoms with Gasteiger partial charge < -0.3 is 9.84 Å². The van der Waals surface area contributed by atoms with Gasteiger partial charge in [-0.2, -0.15) is 0 Å². The Balaban J connectivity index is 4.19. The normalized spacial score (nSPS) is 12.7. The number of hydrogen-bond acceptors (Lipinski definition) is 4. The summed E-state index contributed by atoms with van der Waals surface area (Å²) >= 11 is 0. The van der Waals surface area contributed by atoms with Gasteiger partial charge in [-0.15, -0.1) is 0 Å². The minimum atomic E-state index is -3.45. The number of hydrogen-bond donors (Lipinski definition) is 2. The molecular weight excluding hydrogens is 234 g/mol. The first-order valence-electron chi connectivity index (χ1n) is 4.91. The number of aliphatic carboxylic acids is 1. The Kier molecular flexibility index (Phi) is 5.91. The molecule has 0 saturated carbocycles. The van der Waals surface area contributed by atoms with Crippen LogP contribution in [0, 0.1) is 0 Å². The van der Waals surface area contributed by atoms with E-state index in [4.69, 9.17) is 9.84 Å². The summed E-state index contributed by atoms with van der Waals surface area (Å²) in [5.41, 5.74) is -0.684. The molecule has 0 unspecified atom stereocenters. The van der Waals surface area contributed by atoms with Crippen molar-refractivity contribution in [2.45, 2.75) is 32.2 Å². The zero-order chi connectivity index (χ0) is 12.8. The van der Waals surface area contributed by atoms with Crippen LogP contribution < -0.4 is 4.72 Å². The van der Waals surface area contributed by atoms with E-state index in [1.54, 1.807) is 13.8 Å². The van der Waals surface area contributed by atoms with Gasteiger partial charge in [0, 0.05) is 13.5 Å². The first-order chi connectivity index (χ1) is 7.18. The van der Waals surface area contributed by atoms with Gasteiger partial charge in [-0.1, -0.05) is 0 Å². The fourth-order valence-electron chi connectivity index (χ4n) is 1.28. The van der Waals surface area contributed by atoms with E-state index in [1.807, 2.05) is 0 Å². The first-order valence-corrected chi connectivity index (χ1v) is 6.56. The maximum absolute atomic E-state index is 11.5. The predicted octanol–water partition coefficient (Wildman–Crippen LogP) is 0.196. The fourth-order valence-corrected chi connectivity index (χ4v) is 2.80. The molecule has 7 heteroatoms. The van der Waals surface area contributed by atoms with Gasteiger partial charge >= 0.3 is 5.97 Å². The molecule has 0 aliphatic rings. The minimum absolute atomic E-state index is 0.105.